The van der Waals surface area contributed by atoms with E-state index in [1.807, 2.05) is 0 Å². The molecule has 1 rings (SSSR count). The van der Waals surface area contributed by atoms with Crippen molar-refractivity contribution in [3.8, 4) is 0 Å². The van der Waals surface area contributed by atoms with E-state index in [1.165, 1.54) is 23.3 Å². The number of rotatable bonds is 4. The van der Waals surface area contributed by atoms with Crippen LogP contribution in [0.5, 0.6) is 0 Å². The highest BCUT2D eigenvalue weighted by atomic mass is 32.1. The van der Waals surface area contributed by atoms with Gasteiger partial charge in [0.15, 0.2) is 0 Å². The highest BCUT2D eigenvalue weighted by Crippen LogP contribution is 2.12. The van der Waals surface area contributed by atoms with Crippen LogP contribution in [-0.4, -0.2) is 35.0 Å². The van der Waals surface area contributed by atoms with Crippen molar-refractivity contribution in [3.05, 3.63) is 22.4 Å². The zero-order valence-electron chi connectivity index (χ0n) is 8.64. The predicted octanol–water partition coefficient (Wildman–Crippen LogP) is 1.68. The van der Waals surface area contributed by atoms with Crippen molar-refractivity contribution < 1.29 is 14.7 Å². The van der Waals surface area contributed by atoms with Crippen LogP contribution >= 0.6 is 11.3 Å². The zero-order chi connectivity index (χ0) is 11.4. The van der Waals surface area contributed by atoms with Crippen molar-refractivity contribution in [2.45, 2.75) is 19.4 Å². The first kappa shape index (κ1) is 11.7. The molecule has 1 heterocycles. The van der Waals surface area contributed by atoms with Crippen molar-refractivity contribution >= 4 is 23.2 Å². The molecule has 15 heavy (non-hydrogen) atoms. The van der Waals surface area contributed by atoms with Gasteiger partial charge in [-0.25, -0.2) is 4.79 Å². The summed E-state index contributed by atoms with van der Waals surface area (Å²) in [7, 11) is 1.52. The highest BCUT2D eigenvalue weighted by molar-refractivity contribution is 7.08. The molecular formula is C10H13NO3S. The number of amides is 1. The lowest BCUT2D eigenvalue weighted by Crippen LogP contribution is -2.41. The summed E-state index contributed by atoms with van der Waals surface area (Å²) < 4.78 is 0. The molecule has 0 bridgehead atoms. The zero-order valence-corrected chi connectivity index (χ0v) is 9.45. The SMILES string of the molecule is CCC(C(=O)O)N(C)C(=O)c1ccsc1. The Morgan fingerprint density at radius 2 is 2.27 bits per heavy atom. The summed E-state index contributed by atoms with van der Waals surface area (Å²) in [5, 5.41) is 12.4. The van der Waals surface area contributed by atoms with E-state index in [0.717, 1.165) is 0 Å². The van der Waals surface area contributed by atoms with Gasteiger partial charge in [0.05, 0.1) is 5.56 Å². The van der Waals surface area contributed by atoms with Crippen LogP contribution < -0.4 is 0 Å². The first-order valence-corrected chi connectivity index (χ1v) is 5.54. The van der Waals surface area contributed by atoms with Gasteiger partial charge in [-0.2, -0.15) is 11.3 Å². The Bertz CT molecular complexity index is 348. The number of nitrogens with zero attached hydrogens (tertiary/aromatic N) is 1. The van der Waals surface area contributed by atoms with E-state index in [2.05, 4.69) is 0 Å². The summed E-state index contributed by atoms with van der Waals surface area (Å²) in [5.41, 5.74) is 0.544. The van der Waals surface area contributed by atoms with Crippen molar-refractivity contribution in [2.24, 2.45) is 0 Å². The van der Waals surface area contributed by atoms with E-state index in [1.54, 1.807) is 23.8 Å². The molecule has 0 saturated carbocycles. The number of carbonyl (C=O) groups is 2. The number of thiophene rings is 1. The number of likely N-dealkylation sites (N-methyl/N-ethyl adjacent to an activating group) is 1. The third-order valence-corrected chi connectivity index (χ3v) is 2.91. The Kier molecular flexibility index (Phi) is 3.85. The van der Waals surface area contributed by atoms with E-state index >= 15 is 0 Å². The van der Waals surface area contributed by atoms with Crippen LogP contribution in [0.4, 0.5) is 0 Å². The molecule has 1 unspecified atom stereocenters. The Morgan fingerprint density at radius 1 is 1.60 bits per heavy atom. The molecule has 0 spiro atoms. The minimum atomic E-state index is -0.969. The lowest BCUT2D eigenvalue weighted by Gasteiger charge is -2.23. The molecule has 1 atom stereocenters. The van der Waals surface area contributed by atoms with Gasteiger partial charge in [-0.1, -0.05) is 6.92 Å². The van der Waals surface area contributed by atoms with Gasteiger partial charge < -0.3 is 10.0 Å². The molecule has 0 saturated heterocycles. The van der Waals surface area contributed by atoms with Gasteiger partial charge in [-0.05, 0) is 17.9 Å². The average molecular weight is 227 g/mol. The van der Waals surface area contributed by atoms with E-state index in [-0.39, 0.29) is 5.91 Å². The van der Waals surface area contributed by atoms with Crippen LogP contribution in [0, 0.1) is 0 Å². The smallest absolute Gasteiger partial charge is 0.326 e. The number of hydrogen-bond donors (Lipinski definition) is 1. The molecule has 82 valence electrons. The molecule has 0 aliphatic carbocycles. The Balaban J connectivity index is 2.80. The van der Waals surface area contributed by atoms with E-state index in [9.17, 15) is 9.59 Å². The summed E-state index contributed by atoms with van der Waals surface area (Å²) >= 11 is 1.42. The van der Waals surface area contributed by atoms with E-state index < -0.39 is 12.0 Å². The summed E-state index contributed by atoms with van der Waals surface area (Å²) in [6.45, 7) is 1.75. The van der Waals surface area contributed by atoms with Crippen LogP contribution in [0.15, 0.2) is 16.8 Å². The van der Waals surface area contributed by atoms with Crippen LogP contribution in [-0.2, 0) is 4.79 Å². The van der Waals surface area contributed by atoms with Gasteiger partial charge in [0.2, 0.25) is 0 Å². The molecule has 1 aromatic rings. The lowest BCUT2D eigenvalue weighted by molar-refractivity contribution is -0.142. The molecule has 1 aromatic heterocycles. The minimum Gasteiger partial charge on any atom is -0.480 e. The van der Waals surface area contributed by atoms with Gasteiger partial charge in [0.25, 0.3) is 5.91 Å². The quantitative estimate of drug-likeness (QED) is 0.851. The standard InChI is InChI=1S/C10H13NO3S/c1-3-8(10(13)14)11(2)9(12)7-4-5-15-6-7/h4-6,8H,3H2,1-2H3,(H,13,14). The summed E-state index contributed by atoms with van der Waals surface area (Å²) in [6, 6.07) is 0.940. The molecule has 5 heteroatoms. The molecular weight excluding hydrogens is 214 g/mol. The summed E-state index contributed by atoms with van der Waals surface area (Å²) in [6.07, 6.45) is 0.404. The number of carboxylic acids is 1. The Morgan fingerprint density at radius 3 is 2.67 bits per heavy atom. The molecule has 0 fully saturated rings. The van der Waals surface area contributed by atoms with Crippen LogP contribution in [0.2, 0.25) is 0 Å². The maximum absolute atomic E-state index is 11.8. The summed E-state index contributed by atoms with van der Waals surface area (Å²) in [5.74, 6) is -1.21. The number of aliphatic carboxylic acids is 1. The molecule has 0 aliphatic rings. The van der Waals surface area contributed by atoms with Crippen molar-refractivity contribution in [1.29, 1.82) is 0 Å². The van der Waals surface area contributed by atoms with Gasteiger partial charge in [-0.15, -0.1) is 0 Å². The van der Waals surface area contributed by atoms with Gasteiger partial charge >= 0.3 is 5.97 Å². The maximum Gasteiger partial charge on any atom is 0.326 e. The van der Waals surface area contributed by atoms with Crippen molar-refractivity contribution in [3.63, 3.8) is 0 Å². The first-order chi connectivity index (χ1) is 7.07. The average Bonchev–Trinajstić information content (AvgIpc) is 2.69. The third kappa shape index (κ3) is 2.56. The largest absolute Gasteiger partial charge is 0.480 e. The van der Waals surface area contributed by atoms with Crippen LogP contribution in [0.25, 0.3) is 0 Å². The molecule has 0 aromatic carbocycles. The second kappa shape index (κ2) is 4.93. The van der Waals surface area contributed by atoms with Gasteiger partial charge in [-0.3, -0.25) is 4.79 Å². The lowest BCUT2D eigenvalue weighted by atomic mass is 10.2. The monoisotopic (exact) mass is 227 g/mol. The maximum atomic E-state index is 11.8. The second-order valence-corrected chi connectivity index (χ2v) is 3.97. The number of hydrogen-bond acceptors (Lipinski definition) is 3. The van der Waals surface area contributed by atoms with Crippen LogP contribution in [0.1, 0.15) is 23.7 Å². The van der Waals surface area contributed by atoms with E-state index in [0.29, 0.717) is 12.0 Å². The Labute approximate surface area is 92.1 Å². The molecule has 0 aliphatic heterocycles. The topological polar surface area (TPSA) is 57.6 Å². The summed E-state index contributed by atoms with van der Waals surface area (Å²) in [4.78, 5) is 23.9. The van der Waals surface area contributed by atoms with Crippen LogP contribution in [0.3, 0.4) is 0 Å². The fourth-order valence-electron chi connectivity index (χ4n) is 1.35. The fourth-order valence-corrected chi connectivity index (χ4v) is 1.98. The molecule has 0 radical (unpaired) electrons. The molecule has 1 amide bonds. The third-order valence-electron chi connectivity index (χ3n) is 2.23. The number of carbonyl (C=O) groups excluding carboxylic acids is 1. The Hall–Kier alpha value is -1.36. The fraction of sp³-hybridized carbons (Fsp3) is 0.400. The van der Waals surface area contributed by atoms with E-state index in [4.69, 9.17) is 5.11 Å². The van der Waals surface area contributed by atoms with Gasteiger partial charge in [0, 0.05) is 12.4 Å². The van der Waals surface area contributed by atoms with Crippen molar-refractivity contribution in [1.82, 2.24) is 4.90 Å². The van der Waals surface area contributed by atoms with Crippen molar-refractivity contribution in [2.75, 3.05) is 7.05 Å². The normalized spacial score (nSPS) is 12.1. The number of carboxylic acid groups (broad SMARTS) is 1. The predicted molar refractivity (Wildman–Crippen MR) is 58.1 cm³/mol. The van der Waals surface area contributed by atoms with Gasteiger partial charge in [0.1, 0.15) is 6.04 Å². The second-order valence-electron chi connectivity index (χ2n) is 3.19. The molecule has 1 N–H and O–H groups in total. The first-order valence-electron chi connectivity index (χ1n) is 4.60. The molecule has 4 nitrogen and oxygen atoms in total. The highest BCUT2D eigenvalue weighted by Gasteiger charge is 2.25. The minimum absolute atomic E-state index is 0.245.